The molecule has 0 saturated carbocycles. The van der Waals surface area contributed by atoms with Gasteiger partial charge in [0.15, 0.2) is 5.43 Å². The molecule has 0 saturated heterocycles. The summed E-state index contributed by atoms with van der Waals surface area (Å²) in [6.45, 7) is 10.4. The second-order valence-corrected chi connectivity index (χ2v) is 10.1. The van der Waals surface area contributed by atoms with Crippen molar-refractivity contribution in [3.05, 3.63) is 80.7 Å². The Labute approximate surface area is 205 Å². The zero-order valence-corrected chi connectivity index (χ0v) is 21.2. The summed E-state index contributed by atoms with van der Waals surface area (Å²) in [5.74, 6) is 0.715. The lowest BCUT2D eigenvalue weighted by Crippen LogP contribution is -2.38. The van der Waals surface area contributed by atoms with E-state index in [2.05, 4.69) is 24.5 Å². The quantitative estimate of drug-likeness (QED) is 0.392. The van der Waals surface area contributed by atoms with E-state index in [0.717, 1.165) is 5.56 Å². The molecule has 1 heterocycles. The van der Waals surface area contributed by atoms with Crippen molar-refractivity contribution in [3.8, 4) is 0 Å². The monoisotopic (exact) mass is 484 g/mol. The van der Waals surface area contributed by atoms with Gasteiger partial charge in [-0.2, -0.15) is 0 Å². The van der Waals surface area contributed by atoms with Crippen molar-refractivity contribution in [3.63, 3.8) is 0 Å². The zero-order chi connectivity index (χ0) is 24.9. The number of nitrogens with one attached hydrogen (secondary N) is 2. The first-order valence-electron chi connectivity index (χ1n) is 11.5. The van der Waals surface area contributed by atoms with Crippen LogP contribution in [0.5, 0.6) is 0 Å². The van der Waals surface area contributed by atoms with Crippen LogP contribution in [0.15, 0.2) is 57.7 Å². The maximum Gasteiger partial charge on any atom is 0.407 e. The van der Waals surface area contributed by atoms with Crippen molar-refractivity contribution in [2.45, 2.75) is 52.7 Å². The van der Waals surface area contributed by atoms with Gasteiger partial charge in [-0.1, -0.05) is 55.8 Å². The van der Waals surface area contributed by atoms with E-state index in [1.54, 1.807) is 18.2 Å². The topological polar surface area (TPSA) is 80.6 Å². The van der Waals surface area contributed by atoms with E-state index >= 15 is 0 Å². The maximum atomic E-state index is 13.5. The number of carbonyl (C=O) groups is 1. The van der Waals surface area contributed by atoms with Crippen LogP contribution in [0.2, 0.25) is 5.02 Å². The van der Waals surface area contributed by atoms with Crippen molar-refractivity contribution in [2.75, 3.05) is 13.1 Å². The third kappa shape index (κ3) is 6.84. The molecule has 0 fully saturated rings. The number of carbonyl (C=O) groups excluding carboxylic acids is 1. The smallest absolute Gasteiger partial charge is 0.407 e. The van der Waals surface area contributed by atoms with Crippen LogP contribution in [0.25, 0.3) is 11.0 Å². The number of benzene rings is 2. The maximum absolute atomic E-state index is 13.5. The lowest BCUT2D eigenvalue weighted by Gasteiger charge is -2.25. The van der Waals surface area contributed by atoms with Crippen molar-refractivity contribution < 1.29 is 13.9 Å². The molecule has 0 aliphatic heterocycles. The molecule has 34 heavy (non-hydrogen) atoms. The SMILES string of the molecule is CC(C)C(NCCNC(=O)OC(C)(C)C)c1oc2cc(Cl)ccc2c(=O)c1Cc1ccccc1. The molecule has 1 unspecified atom stereocenters. The van der Waals surface area contributed by atoms with Gasteiger partial charge in [0.05, 0.1) is 11.4 Å². The molecule has 1 amide bonds. The molecule has 0 spiro atoms. The number of hydrogen-bond donors (Lipinski definition) is 2. The van der Waals surface area contributed by atoms with Gasteiger partial charge in [0.25, 0.3) is 0 Å². The molecular weight excluding hydrogens is 452 g/mol. The number of alkyl carbamates (subject to hydrolysis) is 1. The Morgan fingerprint density at radius 3 is 2.44 bits per heavy atom. The van der Waals surface area contributed by atoms with Crippen LogP contribution in [0.1, 0.15) is 57.5 Å². The van der Waals surface area contributed by atoms with Crippen molar-refractivity contribution in [1.82, 2.24) is 10.6 Å². The van der Waals surface area contributed by atoms with Crippen LogP contribution in [-0.2, 0) is 11.2 Å². The molecule has 7 heteroatoms. The first kappa shape index (κ1) is 25.8. The fourth-order valence-corrected chi connectivity index (χ4v) is 3.94. The van der Waals surface area contributed by atoms with Crippen molar-refractivity contribution in [2.24, 2.45) is 5.92 Å². The molecule has 3 rings (SSSR count). The fraction of sp³-hybridized carbons (Fsp3) is 0.407. The van der Waals surface area contributed by atoms with Gasteiger partial charge in [-0.3, -0.25) is 4.79 Å². The fourth-order valence-electron chi connectivity index (χ4n) is 3.78. The summed E-state index contributed by atoms with van der Waals surface area (Å²) in [5.41, 5.74) is 1.49. The molecule has 3 aromatic rings. The van der Waals surface area contributed by atoms with Gasteiger partial charge in [-0.05, 0) is 44.4 Å². The van der Waals surface area contributed by atoms with Gasteiger partial charge in [-0.15, -0.1) is 0 Å². The predicted molar refractivity (Wildman–Crippen MR) is 137 cm³/mol. The molecule has 6 nitrogen and oxygen atoms in total. The Morgan fingerprint density at radius 1 is 1.09 bits per heavy atom. The molecule has 0 bridgehead atoms. The second-order valence-electron chi connectivity index (χ2n) is 9.68. The molecular formula is C27H33ClN2O4. The molecule has 1 aromatic heterocycles. The summed E-state index contributed by atoms with van der Waals surface area (Å²) in [5, 5.41) is 7.22. The van der Waals surface area contributed by atoms with E-state index in [9.17, 15) is 9.59 Å². The van der Waals surface area contributed by atoms with Crippen LogP contribution in [0, 0.1) is 5.92 Å². The molecule has 2 aromatic carbocycles. The Bertz CT molecular complexity index is 1180. The van der Waals surface area contributed by atoms with E-state index in [1.807, 2.05) is 51.1 Å². The Kier molecular flexibility index (Phi) is 8.39. The van der Waals surface area contributed by atoms with Crippen LogP contribution >= 0.6 is 11.6 Å². The average molecular weight is 485 g/mol. The van der Waals surface area contributed by atoms with Crippen LogP contribution in [0.4, 0.5) is 4.79 Å². The van der Waals surface area contributed by atoms with Gasteiger partial charge in [-0.25, -0.2) is 4.79 Å². The normalized spacial score (nSPS) is 12.7. The predicted octanol–water partition coefficient (Wildman–Crippen LogP) is 5.85. The van der Waals surface area contributed by atoms with Crippen LogP contribution < -0.4 is 16.1 Å². The molecule has 0 aliphatic carbocycles. The number of rotatable bonds is 8. The van der Waals surface area contributed by atoms with E-state index < -0.39 is 11.7 Å². The zero-order valence-electron chi connectivity index (χ0n) is 20.4. The second kappa shape index (κ2) is 11.1. The summed E-state index contributed by atoms with van der Waals surface area (Å²) in [6, 6.07) is 14.7. The van der Waals surface area contributed by atoms with Gasteiger partial charge in [0.1, 0.15) is 16.9 Å². The van der Waals surface area contributed by atoms with E-state index in [0.29, 0.717) is 46.8 Å². The van der Waals surface area contributed by atoms with Crippen molar-refractivity contribution >= 4 is 28.7 Å². The first-order chi connectivity index (χ1) is 16.0. The largest absolute Gasteiger partial charge is 0.459 e. The first-order valence-corrected chi connectivity index (χ1v) is 11.9. The third-order valence-corrected chi connectivity index (χ3v) is 5.55. The lowest BCUT2D eigenvalue weighted by atomic mass is 9.93. The number of fused-ring (bicyclic) bond motifs is 1. The van der Waals surface area contributed by atoms with Gasteiger partial charge in [0, 0.05) is 36.2 Å². The number of amides is 1. The standard InChI is InChI=1S/C27H33ClN2O4/c1-17(2)23(29-13-14-30-26(32)34-27(3,4)5)25-21(15-18-9-7-6-8-10-18)24(31)20-12-11-19(28)16-22(20)33-25/h6-12,16-17,23,29H,13-15H2,1-5H3,(H,30,32). The average Bonchev–Trinajstić information content (AvgIpc) is 2.75. The summed E-state index contributed by atoms with van der Waals surface area (Å²) in [4.78, 5) is 25.5. The Balaban J connectivity index is 1.91. The summed E-state index contributed by atoms with van der Waals surface area (Å²) >= 11 is 6.18. The summed E-state index contributed by atoms with van der Waals surface area (Å²) in [7, 11) is 0. The molecule has 1 atom stereocenters. The highest BCUT2D eigenvalue weighted by atomic mass is 35.5. The van der Waals surface area contributed by atoms with E-state index in [1.165, 1.54) is 0 Å². The minimum Gasteiger partial charge on any atom is -0.459 e. The van der Waals surface area contributed by atoms with Gasteiger partial charge >= 0.3 is 6.09 Å². The minimum absolute atomic E-state index is 0.0592. The molecule has 182 valence electrons. The molecule has 0 radical (unpaired) electrons. The van der Waals surface area contributed by atoms with Gasteiger partial charge < -0.3 is 19.8 Å². The number of hydrogen-bond acceptors (Lipinski definition) is 5. The third-order valence-electron chi connectivity index (χ3n) is 5.31. The minimum atomic E-state index is -0.555. The highest BCUT2D eigenvalue weighted by molar-refractivity contribution is 6.31. The Hall–Kier alpha value is -2.83. The van der Waals surface area contributed by atoms with E-state index in [-0.39, 0.29) is 17.4 Å². The summed E-state index contributed by atoms with van der Waals surface area (Å²) in [6.07, 6.45) is -0.00922. The molecule has 0 aliphatic rings. The number of halogens is 1. The number of ether oxygens (including phenoxy) is 1. The van der Waals surface area contributed by atoms with Crippen molar-refractivity contribution in [1.29, 1.82) is 0 Å². The highest BCUT2D eigenvalue weighted by Gasteiger charge is 2.25. The van der Waals surface area contributed by atoms with Gasteiger partial charge in [0.2, 0.25) is 0 Å². The Morgan fingerprint density at radius 2 is 1.79 bits per heavy atom. The highest BCUT2D eigenvalue weighted by Crippen LogP contribution is 2.29. The van der Waals surface area contributed by atoms with E-state index in [4.69, 9.17) is 20.8 Å². The summed E-state index contributed by atoms with van der Waals surface area (Å²) < 4.78 is 11.6. The van der Waals surface area contributed by atoms with Crippen LogP contribution in [0.3, 0.4) is 0 Å². The van der Waals surface area contributed by atoms with Crippen LogP contribution in [-0.4, -0.2) is 24.8 Å². The lowest BCUT2D eigenvalue weighted by molar-refractivity contribution is 0.0527. The molecule has 2 N–H and O–H groups in total.